The van der Waals surface area contributed by atoms with Crippen molar-refractivity contribution in [2.24, 2.45) is 5.73 Å². The first-order chi connectivity index (χ1) is 16.4. The van der Waals surface area contributed by atoms with E-state index in [1.54, 1.807) is 0 Å². The van der Waals surface area contributed by atoms with Crippen molar-refractivity contribution >= 4 is 41.0 Å². The Labute approximate surface area is 197 Å². The first kappa shape index (κ1) is 26.9. The number of nitro groups is 1. The fourth-order valence-electron chi connectivity index (χ4n) is 3.31. The number of nitrogens with zero attached hydrogens (tertiary/aromatic N) is 1. The van der Waals surface area contributed by atoms with Gasteiger partial charge in [-0.1, -0.05) is 0 Å². The zero-order chi connectivity index (χ0) is 26.3. The maximum atomic E-state index is 14.7. The minimum Gasteiger partial charge on any atom is -0.481 e. The number of fused-ring (bicyclic) bond motifs is 1. The molecule has 3 atom stereocenters. The molecule has 1 aromatic carbocycles. The zero-order valence-corrected chi connectivity index (χ0v) is 18.6. The average Bonchev–Trinajstić information content (AvgIpc) is 2.77. The Morgan fingerprint density at radius 1 is 1.20 bits per heavy atom. The molecule has 1 aromatic rings. The van der Waals surface area contributed by atoms with Gasteiger partial charge in [0, 0.05) is 19.0 Å². The van der Waals surface area contributed by atoms with Gasteiger partial charge in [-0.3, -0.25) is 34.1 Å². The minimum absolute atomic E-state index is 0.0101. The fraction of sp³-hybridized carbons (Fsp3) is 0.450. The Kier molecular flexibility index (Phi) is 9.02. The predicted molar refractivity (Wildman–Crippen MR) is 118 cm³/mol. The molecule has 0 saturated heterocycles. The van der Waals surface area contributed by atoms with E-state index < -0.39 is 88.2 Å². The van der Waals surface area contributed by atoms with E-state index in [1.807, 2.05) is 0 Å². The number of nitrogens with one attached hydrogen (secondary N) is 4. The number of carbonyl (C=O) groups is 5. The highest BCUT2D eigenvalue weighted by molar-refractivity contribution is 6.03. The molecule has 35 heavy (non-hydrogen) atoms. The summed E-state index contributed by atoms with van der Waals surface area (Å²) in [6.45, 7) is 1.29. The highest BCUT2D eigenvalue weighted by atomic mass is 19.1. The van der Waals surface area contributed by atoms with Gasteiger partial charge in [-0.15, -0.1) is 0 Å². The second kappa shape index (κ2) is 11.7. The molecule has 1 heterocycles. The Bertz CT molecular complexity index is 1050. The number of hydrogen-bond acceptors (Lipinski definition) is 8. The molecular formula is C20H25FN6O8. The third-order valence-electron chi connectivity index (χ3n) is 5.18. The first-order valence-electron chi connectivity index (χ1n) is 10.5. The molecule has 0 saturated carbocycles. The minimum atomic E-state index is -1.49. The normalized spacial score (nSPS) is 21.7. The van der Waals surface area contributed by atoms with Gasteiger partial charge in [0.05, 0.1) is 22.2 Å². The summed E-state index contributed by atoms with van der Waals surface area (Å²) in [5.74, 6) is -6.01. The average molecular weight is 496 g/mol. The Morgan fingerprint density at radius 2 is 1.89 bits per heavy atom. The molecule has 7 N–H and O–H groups in total. The Hall–Kier alpha value is -4.30. The maximum Gasteiger partial charge on any atom is 0.303 e. The van der Waals surface area contributed by atoms with Gasteiger partial charge in [-0.05, 0) is 26.2 Å². The number of halogens is 1. The molecule has 15 heteroatoms. The lowest BCUT2D eigenvalue weighted by atomic mass is 10.1. The number of carboxylic acids is 1. The highest BCUT2D eigenvalue weighted by Gasteiger charge is 2.30. The van der Waals surface area contributed by atoms with Crippen LogP contribution in [0.5, 0.6) is 0 Å². The van der Waals surface area contributed by atoms with Crippen LogP contribution in [0, 0.1) is 15.9 Å². The number of carboxylic acid groups (broad SMARTS) is 1. The lowest BCUT2D eigenvalue weighted by molar-refractivity contribution is -0.385. The van der Waals surface area contributed by atoms with Gasteiger partial charge in [-0.25, -0.2) is 4.39 Å². The van der Waals surface area contributed by atoms with Crippen molar-refractivity contribution < 1.29 is 38.4 Å². The fourth-order valence-corrected chi connectivity index (χ4v) is 3.31. The van der Waals surface area contributed by atoms with Crippen LogP contribution in [0.1, 0.15) is 43.0 Å². The summed E-state index contributed by atoms with van der Waals surface area (Å²) in [4.78, 5) is 71.2. The largest absolute Gasteiger partial charge is 0.481 e. The number of anilines is 1. The van der Waals surface area contributed by atoms with E-state index in [9.17, 15) is 38.5 Å². The molecule has 0 fully saturated rings. The number of amides is 4. The lowest BCUT2D eigenvalue weighted by Crippen LogP contribution is -2.55. The van der Waals surface area contributed by atoms with Crippen molar-refractivity contribution in [3.63, 3.8) is 0 Å². The molecule has 4 amide bonds. The van der Waals surface area contributed by atoms with Crippen LogP contribution in [0.15, 0.2) is 12.1 Å². The summed E-state index contributed by atoms with van der Waals surface area (Å²) >= 11 is 0. The van der Waals surface area contributed by atoms with Crippen LogP contribution in [-0.2, 0) is 19.2 Å². The molecule has 2 rings (SSSR count). The second-order valence-corrected chi connectivity index (χ2v) is 7.83. The van der Waals surface area contributed by atoms with Gasteiger partial charge in [0.25, 0.3) is 11.6 Å². The molecule has 1 aliphatic rings. The third-order valence-corrected chi connectivity index (χ3v) is 5.18. The van der Waals surface area contributed by atoms with Crippen LogP contribution < -0.4 is 27.0 Å². The molecule has 1 aliphatic heterocycles. The lowest BCUT2D eigenvalue weighted by Gasteiger charge is -2.22. The molecule has 0 aliphatic carbocycles. The SMILES string of the molecule is C[C@@H]1NC(=O)[C@H](CCC(=O)O)NC(=O)c2cc([N+](=O)[O-])cc(F)c2NCCC[C@@H](C(N)=O)NC1=O. The summed E-state index contributed by atoms with van der Waals surface area (Å²) in [6, 6.07) is -2.37. The van der Waals surface area contributed by atoms with E-state index in [1.165, 1.54) is 6.92 Å². The number of nitro benzene ring substituents is 1. The molecule has 190 valence electrons. The number of benzene rings is 1. The molecule has 0 spiro atoms. The number of non-ortho nitro benzene ring substituents is 1. The Morgan fingerprint density at radius 3 is 2.49 bits per heavy atom. The van der Waals surface area contributed by atoms with E-state index in [2.05, 4.69) is 21.3 Å². The highest BCUT2D eigenvalue weighted by Crippen LogP contribution is 2.27. The smallest absolute Gasteiger partial charge is 0.303 e. The molecule has 14 nitrogen and oxygen atoms in total. The van der Waals surface area contributed by atoms with Crippen LogP contribution in [0.3, 0.4) is 0 Å². The quantitative estimate of drug-likeness (QED) is 0.225. The number of carbonyl (C=O) groups excluding carboxylic acids is 4. The van der Waals surface area contributed by atoms with E-state index >= 15 is 0 Å². The zero-order valence-electron chi connectivity index (χ0n) is 18.6. The number of primary amides is 1. The van der Waals surface area contributed by atoms with Crippen LogP contribution in [0.4, 0.5) is 15.8 Å². The number of rotatable bonds is 5. The van der Waals surface area contributed by atoms with Gasteiger partial charge in [-0.2, -0.15) is 0 Å². The van der Waals surface area contributed by atoms with Crippen molar-refractivity contribution in [2.75, 3.05) is 11.9 Å². The number of aliphatic carboxylic acids is 1. The van der Waals surface area contributed by atoms with Gasteiger partial charge in [0.2, 0.25) is 17.7 Å². The van der Waals surface area contributed by atoms with Crippen LogP contribution in [-0.4, -0.2) is 64.3 Å². The van der Waals surface area contributed by atoms with Crippen molar-refractivity contribution in [3.8, 4) is 0 Å². The van der Waals surface area contributed by atoms with E-state index in [4.69, 9.17) is 10.8 Å². The monoisotopic (exact) mass is 496 g/mol. The van der Waals surface area contributed by atoms with Crippen molar-refractivity contribution in [2.45, 2.75) is 50.7 Å². The second-order valence-electron chi connectivity index (χ2n) is 7.83. The third kappa shape index (κ3) is 7.35. The van der Waals surface area contributed by atoms with E-state index in [-0.39, 0.29) is 19.4 Å². The van der Waals surface area contributed by atoms with Gasteiger partial charge < -0.3 is 32.1 Å². The molecule has 0 aromatic heterocycles. The predicted octanol–water partition coefficient (Wildman–Crippen LogP) is -0.622. The summed E-state index contributed by atoms with van der Waals surface area (Å²) in [5, 5.41) is 29.8. The van der Waals surface area contributed by atoms with Crippen molar-refractivity contribution in [3.05, 3.63) is 33.6 Å². The summed E-state index contributed by atoms with van der Waals surface area (Å²) < 4.78 is 14.7. The van der Waals surface area contributed by atoms with E-state index in [0.717, 1.165) is 6.07 Å². The molecule has 0 unspecified atom stereocenters. The maximum absolute atomic E-state index is 14.7. The van der Waals surface area contributed by atoms with Crippen molar-refractivity contribution in [1.82, 2.24) is 16.0 Å². The van der Waals surface area contributed by atoms with Gasteiger partial charge >= 0.3 is 5.97 Å². The van der Waals surface area contributed by atoms with Crippen LogP contribution >= 0.6 is 0 Å². The molecule has 0 bridgehead atoms. The summed E-state index contributed by atoms with van der Waals surface area (Å²) in [6.07, 6.45) is -0.734. The summed E-state index contributed by atoms with van der Waals surface area (Å²) in [5.41, 5.74) is 3.71. The standard InChI is InChI=1S/C20H25FN6O8/c1-9-18(31)25-13(17(22)30)3-2-6-23-16-11(7-10(27(34)35)8-12(16)21)19(32)26-14(20(33)24-9)4-5-15(28)29/h7-9,13-14,23H,2-6H2,1H3,(H2,22,30)(H,24,33)(H,25,31)(H,26,32)(H,28,29)/t9-,13-,14-/m0/s1. The molecule has 0 radical (unpaired) electrons. The topological polar surface area (TPSA) is 223 Å². The molecular weight excluding hydrogens is 471 g/mol. The number of hydrogen-bond donors (Lipinski definition) is 6. The first-order valence-corrected chi connectivity index (χ1v) is 10.5. The Balaban J connectivity index is 2.50. The number of nitrogens with two attached hydrogens (primary N) is 1. The van der Waals surface area contributed by atoms with E-state index in [0.29, 0.717) is 6.07 Å². The van der Waals surface area contributed by atoms with Crippen LogP contribution in [0.25, 0.3) is 0 Å². The van der Waals surface area contributed by atoms with Gasteiger partial charge in [0.15, 0.2) is 5.82 Å². The van der Waals surface area contributed by atoms with Gasteiger partial charge in [0.1, 0.15) is 18.1 Å². The van der Waals surface area contributed by atoms with Crippen LogP contribution in [0.2, 0.25) is 0 Å². The summed E-state index contributed by atoms with van der Waals surface area (Å²) in [7, 11) is 0. The van der Waals surface area contributed by atoms with Crippen molar-refractivity contribution in [1.29, 1.82) is 0 Å².